The first-order valence-corrected chi connectivity index (χ1v) is 4.14. The second kappa shape index (κ2) is 6.81. The molecule has 0 heterocycles. The van der Waals surface area contributed by atoms with Crippen LogP contribution < -0.4 is 0 Å². The van der Waals surface area contributed by atoms with E-state index in [4.69, 9.17) is 5.11 Å². The quantitative estimate of drug-likeness (QED) is 0.585. The highest BCUT2D eigenvalue weighted by atomic mass is 16.3. The standard InChI is InChI=1S/C9H18O/c1-3-5-6-7-8-9(10)4-2/h6-7,9-10H,3-5,8H2,1-2H3/b7-6+/t9-/m1/s1. The first kappa shape index (κ1) is 9.70. The fraction of sp³-hybridized carbons (Fsp3) is 0.778. The predicted octanol–water partition coefficient (Wildman–Crippen LogP) is 2.50. The molecule has 1 heteroatoms. The Morgan fingerprint density at radius 1 is 1.30 bits per heavy atom. The van der Waals surface area contributed by atoms with Crippen LogP contribution in [-0.2, 0) is 0 Å². The van der Waals surface area contributed by atoms with Crippen molar-refractivity contribution in [3.05, 3.63) is 12.2 Å². The summed E-state index contributed by atoms with van der Waals surface area (Å²) >= 11 is 0. The summed E-state index contributed by atoms with van der Waals surface area (Å²) in [7, 11) is 0. The molecule has 1 atom stereocenters. The second-order valence-corrected chi connectivity index (χ2v) is 2.56. The molecule has 0 rings (SSSR count). The van der Waals surface area contributed by atoms with Crippen LogP contribution in [0, 0.1) is 0 Å². The van der Waals surface area contributed by atoms with Crippen LogP contribution in [0.3, 0.4) is 0 Å². The first-order valence-electron chi connectivity index (χ1n) is 4.14. The SMILES string of the molecule is CCC/C=C/C[C@H](O)CC. The van der Waals surface area contributed by atoms with Gasteiger partial charge in [-0.1, -0.05) is 32.4 Å². The molecule has 0 amide bonds. The Hall–Kier alpha value is -0.300. The second-order valence-electron chi connectivity index (χ2n) is 2.56. The van der Waals surface area contributed by atoms with E-state index in [1.165, 1.54) is 6.42 Å². The van der Waals surface area contributed by atoms with E-state index < -0.39 is 0 Å². The normalized spacial score (nSPS) is 14.3. The summed E-state index contributed by atoms with van der Waals surface area (Å²) in [5.74, 6) is 0. The molecule has 0 aliphatic rings. The Morgan fingerprint density at radius 3 is 2.50 bits per heavy atom. The van der Waals surface area contributed by atoms with Crippen molar-refractivity contribution in [2.24, 2.45) is 0 Å². The molecule has 0 aliphatic heterocycles. The van der Waals surface area contributed by atoms with Crippen molar-refractivity contribution in [3.8, 4) is 0 Å². The largest absolute Gasteiger partial charge is 0.393 e. The minimum atomic E-state index is -0.131. The lowest BCUT2D eigenvalue weighted by Crippen LogP contribution is -2.00. The van der Waals surface area contributed by atoms with Gasteiger partial charge in [0.05, 0.1) is 6.10 Å². The van der Waals surface area contributed by atoms with Crippen molar-refractivity contribution in [2.45, 2.75) is 45.6 Å². The number of hydrogen-bond acceptors (Lipinski definition) is 1. The van der Waals surface area contributed by atoms with Crippen molar-refractivity contribution in [1.29, 1.82) is 0 Å². The van der Waals surface area contributed by atoms with Crippen molar-refractivity contribution in [2.75, 3.05) is 0 Å². The van der Waals surface area contributed by atoms with Crippen LogP contribution in [-0.4, -0.2) is 11.2 Å². The molecule has 10 heavy (non-hydrogen) atoms. The van der Waals surface area contributed by atoms with Gasteiger partial charge in [-0.05, 0) is 19.3 Å². The summed E-state index contributed by atoms with van der Waals surface area (Å²) in [6, 6.07) is 0. The van der Waals surface area contributed by atoms with Gasteiger partial charge in [0.25, 0.3) is 0 Å². The zero-order valence-electron chi connectivity index (χ0n) is 7.01. The zero-order valence-corrected chi connectivity index (χ0v) is 7.01. The summed E-state index contributed by atoms with van der Waals surface area (Å²) in [5.41, 5.74) is 0. The minimum Gasteiger partial charge on any atom is -0.393 e. The van der Waals surface area contributed by atoms with Gasteiger partial charge in [-0.15, -0.1) is 0 Å². The Morgan fingerprint density at radius 2 is 2.00 bits per heavy atom. The van der Waals surface area contributed by atoms with E-state index in [0.29, 0.717) is 0 Å². The van der Waals surface area contributed by atoms with E-state index in [1.54, 1.807) is 0 Å². The van der Waals surface area contributed by atoms with Crippen LogP contribution in [0.5, 0.6) is 0 Å². The molecule has 0 spiro atoms. The molecule has 0 saturated carbocycles. The summed E-state index contributed by atoms with van der Waals surface area (Å²) in [4.78, 5) is 0. The summed E-state index contributed by atoms with van der Waals surface area (Å²) in [6.07, 6.45) is 8.08. The van der Waals surface area contributed by atoms with Crippen LogP contribution in [0.4, 0.5) is 0 Å². The van der Waals surface area contributed by atoms with Crippen molar-refractivity contribution < 1.29 is 5.11 Å². The molecule has 1 N–H and O–H groups in total. The van der Waals surface area contributed by atoms with Gasteiger partial charge in [0.1, 0.15) is 0 Å². The summed E-state index contributed by atoms with van der Waals surface area (Å²) in [6.45, 7) is 4.15. The average molecular weight is 142 g/mol. The van der Waals surface area contributed by atoms with Gasteiger partial charge in [0, 0.05) is 0 Å². The third-order valence-electron chi connectivity index (χ3n) is 1.50. The smallest absolute Gasteiger partial charge is 0.0572 e. The number of allylic oxidation sites excluding steroid dienone is 1. The molecule has 0 radical (unpaired) electrons. The lowest BCUT2D eigenvalue weighted by Gasteiger charge is -2.00. The van der Waals surface area contributed by atoms with Crippen molar-refractivity contribution in [3.63, 3.8) is 0 Å². The lowest BCUT2D eigenvalue weighted by atomic mass is 10.2. The topological polar surface area (TPSA) is 20.2 Å². The zero-order chi connectivity index (χ0) is 7.82. The third kappa shape index (κ3) is 5.83. The van der Waals surface area contributed by atoms with E-state index in [-0.39, 0.29) is 6.10 Å². The molecule has 0 bridgehead atoms. The fourth-order valence-electron chi connectivity index (χ4n) is 0.704. The maximum Gasteiger partial charge on any atom is 0.0572 e. The molecule has 0 aromatic heterocycles. The number of hydrogen-bond donors (Lipinski definition) is 1. The maximum atomic E-state index is 9.11. The predicted molar refractivity (Wildman–Crippen MR) is 45.0 cm³/mol. The summed E-state index contributed by atoms with van der Waals surface area (Å²) < 4.78 is 0. The molecular weight excluding hydrogens is 124 g/mol. The Bertz CT molecular complexity index is 86.7. The van der Waals surface area contributed by atoms with E-state index in [9.17, 15) is 0 Å². The molecule has 0 aromatic carbocycles. The van der Waals surface area contributed by atoms with Gasteiger partial charge in [0.15, 0.2) is 0 Å². The molecule has 0 aliphatic carbocycles. The fourth-order valence-corrected chi connectivity index (χ4v) is 0.704. The summed E-state index contributed by atoms with van der Waals surface area (Å²) in [5, 5.41) is 9.11. The Labute approximate surface area is 63.8 Å². The number of aliphatic hydroxyl groups is 1. The monoisotopic (exact) mass is 142 g/mol. The molecular formula is C9H18O. The Balaban J connectivity index is 3.16. The van der Waals surface area contributed by atoms with Gasteiger partial charge >= 0.3 is 0 Å². The van der Waals surface area contributed by atoms with Gasteiger partial charge in [-0.25, -0.2) is 0 Å². The third-order valence-corrected chi connectivity index (χ3v) is 1.50. The number of unbranched alkanes of at least 4 members (excludes halogenated alkanes) is 1. The lowest BCUT2D eigenvalue weighted by molar-refractivity contribution is 0.173. The molecule has 60 valence electrons. The van der Waals surface area contributed by atoms with Gasteiger partial charge in [-0.3, -0.25) is 0 Å². The van der Waals surface area contributed by atoms with Crippen LogP contribution in [0.1, 0.15) is 39.5 Å². The van der Waals surface area contributed by atoms with Crippen LogP contribution >= 0.6 is 0 Å². The highest BCUT2D eigenvalue weighted by Gasteiger charge is 1.93. The molecule has 0 saturated heterocycles. The maximum absolute atomic E-state index is 9.11. The van der Waals surface area contributed by atoms with Gasteiger partial charge in [0.2, 0.25) is 0 Å². The van der Waals surface area contributed by atoms with E-state index >= 15 is 0 Å². The minimum absolute atomic E-state index is 0.131. The van der Waals surface area contributed by atoms with E-state index in [2.05, 4.69) is 19.1 Å². The molecule has 1 nitrogen and oxygen atoms in total. The molecule has 0 unspecified atom stereocenters. The molecule has 0 aromatic rings. The van der Waals surface area contributed by atoms with Crippen LogP contribution in [0.15, 0.2) is 12.2 Å². The number of rotatable bonds is 5. The highest BCUT2D eigenvalue weighted by Crippen LogP contribution is 1.98. The number of aliphatic hydroxyl groups excluding tert-OH is 1. The molecule has 0 fully saturated rings. The Kier molecular flexibility index (Phi) is 6.61. The van der Waals surface area contributed by atoms with Crippen LogP contribution in [0.25, 0.3) is 0 Å². The average Bonchev–Trinajstić information content (AvgIpc) is 1.98. The highest BCUT2D eigenvalue weighted by molar-refractivity contribution is 4.83. The van der Waals surface area contributed by atoms with Crippen molar-refractivity contribution in [1.82, 2.24) is 0 Å². The first-order chi connectivity index (χ1) is 4.81. The van der Waals surface area contributed by atoms with E-state index in [1.807, 2.05) is 6.92 Å². The van der Waals surface area contributed by atoms with Crippen molar-refractivity contribution >= 4 is 0 Å². The van der Waals surface area contributed by atoms with Gasteiger partial charge in [-0.2, -0.15) is 0 Å². The van der Waals surface area contributed by atoms with Crippen LogP contribution in [0.2, 0.25) is 0 Å². The van der Waals surface area contributed by atoms with Gasteiger partial charge < -0.3 is 5.11 Å². The van der Waals surface area contributed by atoms with E-state index in [0.717, 1.165) is 19.3 Å².